The molecule has 3 N–H and O–H groups in total. The smallest absolute Gasteiger partial charge is 0.141 e. The van der Waals surface area contributed by atoms with Gasteiger partial charge in [-0.05, 0) is 60.1 Å². The van der Waals surface area contributed by atoms with Crippen molar-refractivity contribution in [2.75, 3.05) is 23.0 Å². The van der Waals surface area contributed by atoms with Crippen molar-refractivity contribution in [2.24, 2.45) is 5.41 Å². The number of phenolic OH excluding ortho intramolecular Hbond substituents is 1. The second-order valence-corrected chi connectivity index (χ2v) is 11.6. The summed E-state index contributed by atoms with van der Waals surface area (Å²) in [5.74, 6) is 1.40. The van der Waals surface area contributed by atoms with Crippen molar-refractivity contribution in [2.45, 2.75) is 39.2 Å². The van der Waals surface area contributed by atoms with Crippen molar-refractivity contribution in [1.82, 2.24) is 0 Å². The van der Waals surface area contributed by atoms with Gasteiger partial charge in [-0.1, -0.05) is 55.8 Å². The summed E-state index contributed by atoms with van der Waals surface area (Å²) in [4.78, 5) is 0.781. The van der Waals surface area contributed by atoms with Crippen LogP contribution in [0.5, 0.6) is 11.5 Å². The summed E-state index contributed by atoms with van der Waals surface area (Å²) in [5, 5.41) is 18.0. The van der Waals surface area contributed by atoms with Gasteiger partial charge in [-0.2, -0.15) is 0 Å². The van der Waals surface area contributed by atoms with E-state index in [1.54, 1.807) is 12.1 Å². The summed E-state index contributed by atoms with van der Waals surface area (Å²) in [6.07, 6.45) is 9.29. The number of rotatable bonds is 4. The molecule has 0 radical (unpaired) electrons. The van der Waals surface area contributed by atoms with Crippen molar-refractivity contribution in [3.63, 3.8) is 0 Å². The van der Waals surface area contributed by atoms with Crippen molar-refractivity contribution < 1.29 is 14.1 Å². The SMILES string of the molecule is CC1(C)CC2=C(C(c3ccc(OCC4=CCCC=C4)cc3Cl)Nc3cccc(O)c3N2)S(=O)C1. The van der Waals surface area contributed by atoms with Gasteiger partial charge in [0.2, 0.25) is 0 Å². The van der Waals surface area contributed by atoms with E-state index in [1.165, 1.54) is 0 Å². The maximum Gasteiger partial charge on any atom is 0.141 e. The molecule has 2 aromatic carbocycles. The van der Waals surface area contributed by atoms with Crippen LogP contribution < -0.4 is 15.4 Å². The summed E-state index contributed by atoms with van der Waals surface area (Å²) in [7, 11) is -1.22. The molecule has 2 aromatic rings. The molecule has 0 saturated carbocycles. The number of hydrogen-bond donors (Lipinski definition) is 3. The summed E-state index contributed by atoms with van der Waals surface area (Å²) in [5.41, 5.74) is 4.07. The van der Waals surface area contributed by atoms with Gasteiger partial charge in [0.25, 0.3) is 0 Å². The molecule has 0 aromatic heterocycles. The van der Waals surface area contributed by atoms with Crippen LogP contribution in [0.4, 0.5) is 11.4 Å². The molecular weight excluding hydrogens is 468 g/mol. The molecule has 0 fully saturated rings. The van der Waals surface area contributed by atoms with Gasteiger partial charge in [-0.3, -0.25) is 4.21 Å². The second kappa shape index (κ2) is 9.16. The number of nitrogens with one attached hydrogen (secondary N) is 2. The van der Waals surface area contributed by atoms with Crippen LogP contribution in [0.3, 0.4) is 0 Å². The van der Waals surface area contributed by atoms with E-state index in [1.807, 2.05) is 24.3 Å². The number of phenols is 1. The van der Waals surface area contributed by atoms with E-state index in [0.29, 0.717) is 28.8 Å². The third-order valence-corrected chi connectivity index (χ3v) is 8.70. The van der Waals surface area contributed by atoms with Gasteiger partial charge in [0.05, 0.1) is 27.4 Å². The molecule has 2 atom stereocenters. The molecule has 0 amide bonds. The van der Waals surface area contributed by atoms with Crippen molar-refractivity contribution in [1.29, 1.82) is 0 Å². The Morgan fingerprint density at radius 3 is 2.85 bits per heavy atom. The van der Waals surface area contributed by atoms with Crippen LogP contribution in [0.25, 0.3) is 0 Å². The van der Waals surface area contributed by atoms with E-state index in [9.17, 15) is 9.32 Å². The Morgan fingerprint density at radius 2 is 2.09 bits per heavy atom. The van der Waals surface area contributed by atoms with E-state index >= 15 is 0 Å². The number of halogens is 1. The fraction of sp³-hybridized carbons (Fsp3) is 0.333. The van der Waals surface area contributed by atoms with E-state index < -0.39 is 16.8 Å². The fourth-order valence-corrected chi connectivity index (χ4v) is 6.85. The van der Waals surface area contributed by atoms with Crippen molar-refractivity contribution >= 4 is 33.8 Å². The number of fused-ring (bicyclic) bond motifs is 1. The van der Waals surface area contributed by atoms with Gasteiger partial charge in [0.15, 0.2) is 0 Å². The quantitative estimate of drug-likeness (QED) is 0.412. The predicted molar refractivity (Wildman–Crippen MR) is 140 cm³/mol. The minimum Gasteiger partial charge on any atom is -0.506 e. The molecule has 0 spiro atoms. The first kappa shape index (κ1) is 23.1. The minimum atomic E-state index is -1.22. The molecule has 3 aliphatic rings. The third kappa shape index (κ3) is 4.62. The number of anilines is 2. The Labute approximate surface area is 208 Å². The maximum absolute atomic E-state index is 13.5. The summed E-state index contributed by atoms with van der Waals surface area (Å²) in [6.45, 7) is 4.73. The van der Waals surface area contributed by atoms with Crippen molar-refractivity contribution in [3.05, 3.63) is 81.4 Å². The molecular formula is C27H29ClN2O3S. The van der Waals surface area contributed by atoms with Crippen LogP contribution in [0.2, 0.25) is 5.02 Å². The molecule has 178 valence electrons. The molecule has 0 bridgehead atoms. The van der Waals surface area contributed by atoms with E-state index in [0.717, 1.165) is 46.7 Å². The lowest BCUT2D eigenvalue weighted by Gasteiger charge is -2.34. The van der Waals surface area contributed by atoms with Gasteiger partial charge in [-0.15, -0.1) is 0 Å². The minimum absolute atomic E-state index is 0.125. The number of ether oxygens (including phenoxy) is 1. The van der Waals surface area contributed by atoms with Gasteiger partial charge < -0.3 is 20.5 Å². The highest BCUT2D eigenvalue weighted by Gasteiger charge is 2.39. The number of aromatic hydroxyl groups is 1. The Hall–Kier alpha value is -2.70. The summed E-state index contributed by atoms with van der Waals surface area (Å²) >= 11 is 6.79. The molecule has 7 heteroatoms. The molecule has 2 unspecified atom stereocenters. The topological polar surface area (TPSA) is 70.6 Å². The monoisotopic (exact) mass is 496 g/mol. The zero-order chi connectivity index (χ0) is 23.9. The third-order valence-electron chi connectivity index (χ3n) is 6.36. The van der Waals surface area contributed by atoms with Crippen LogP contribution in [0.1, 0.15) is 44.7 Å². The molecule has 5 rings (SSSR count). The summed E-state index contributed by atoms with van der Waals surface area (Å²) < 4.78 is 19.5. The fourth-order valence-electron chi connectivity index (χ4n) is 4.75. The predicted octanol–water partition coefficient (Wildman–Crippen LogP) is 6.67. The summed E-state index contributed by atoms with van der Waals surface area (Å²) in [6, 6.07) is 10.6. The first-order chi connectivity index (χ1) is 16.3. The lowest BCUT2D eigenvalue weighted by molar-refractivity contribution is 0.354. The van der Waals surface area contributed by atoms with E-state index in [-0.39, 0.29) is 11.2 Å². The number of para-hydroxylation sites is 1. The number of allylic oxidation sites excluding steroid dienone is 3. The average molecular weight is 497 g/mol. The average Bonchev–Trinajstić information content (AvgIpc) is 2.95. The first-order valence-corrected chi connectivity index (χ1v) is 13.3. The van der Waals surface area contributed by atoms with Crippen LogP contribution in [-0.2, 0) is 10.8 Å². The number of benzene rings is 2. The Balaban J connectivity index is 1.51. The second-order valence-electron chi connectivity index (χ2n) is 9.81. The molecule has 2 heterocycles. The van der Waals surface area contributed by atoms with E-state index in [4.69, 9.17) is 16.3 Å². The van der Waals surface area contributed by atoms with Crippen LogP contribution >= 0.6 is 11.6 Å². The normalized spacial score (nSPS) is 23.1. The lowest BCUT2D eigenvalue weighted by Crippen LogP contribution is -2.32. The van der Waals surface area contributed by atoms with Crippen LogP contribution in [0, 0.1) is 5.41 Å². The Bertz CT molecular complexity index is 1250. The molecule has 2 aliphatic heterocycles. The molecule has 1 aliphatic carbocycles. The van der Waals surface area contributed by atoms with E-state index in [2.05, 4.69) is 42.7 Å². The standard InChI is InChI=1S/C27H29ClN2O3S/c1-27(2)14-22-26(34(32)16-27)24(29-21-9-6-10-23(31)25(21)30-22)19-12-11-18(13-20(19)28)33-15-17-7-4-3-5-8-17/h4,6-13,24,29-31H,3,5,14-16H2,1-2H3. The van der Waals surface area contributed by atoms with Gasteiger partial charge in [0.1, 0.15) is 23.8 Å². The highest BCUT2D eigenvalue weighted by molar-refractivity contribution is 7.89. The van der Waals surface area contributed by atoms with Crippen molar-refractivity contribution in [3.8, 4) is 11.5 Å². The number of hydrogen-bond acceptors (Lipinski definition) is 5. The Kier molecular flexibility index (Phi) is 6.21. The lowest BCUT2D eigenvalue weighted by atomic mass is 9.88. The maximum atomic E-state index is 13.5. The van der Waals surface area contributed by atoms with Gasteiger partial charge >= 0.3 is 0 Å². The highest BCUT2D eigenvalue weighted by atomic mass is 35.5. The molecule has 0 saturated heterocycles. The van der Waals surface area contributed by atoms with Crippen LogP contribution in [0.15, 0.2) is 70.8 Å². The largest absolute Gasteiger partial charge is 0.506 e. The van der Waals surface area contributed by atoms with Gasteiger partial charge in [0, 0.05) is 16.5 Å². The highest BCUT2D eigenvalue weighted by Crippen LogP contribution is 2.48. The first-order valence-electron chi connectivity index (χ1n) is 11.6. The zero-order valence-electron chi connectivity index (χ0n) is 19.4. The molecule has 34 heavy (non-hydrogen) atoms. The Morgan fingerprint density at radius 1 is 1.24 bits per heavy atom. The van der Waals surface area contributed by atoms with Crippen LogP contribution in [-0.4, -0.2) is 21.7 Å². The van der Waals surface area contributed by atoms with Gasteiger partial charge in [-0.25, -0.2) is 0 Å². The zero-order valence-corrected chi connectivity index (χ0v) is 20.9. The molecule has 5 nitrogen and oxygen atoms in total.